The first-order chi connectivity index (χ1) is 14.2. The second-order valence-electron chi connectivity index (χ2n) is 7.89. The molecule has 6 heteroatoms. The van der Waals surface area contributed by atoms with Crippen molar-refractivity contribution in [3.63, 3.8) is 0 Å². The molecule has 2 aliphatic heterocycles. The Morgan fingerprint density at radius 3 is 2.33 bits per heavy atom. The molecule has 2 aliphatic rings. The van der Waals surface area contributed by atoms with Crippen LogP contribution in [-0.2, 0) is 19.5 Å². The molecule has 0 atom stereocenters. The number of hydrogen-bond acceptors (Lipinski definition) is 2. The van der Waals surface area contributed by atoms with E-state index in [9.17, 15) is 4.79 Å². The van der Waals surface area contributed by atoms with Crippen molar-refractivity contribution in [1.82, 2.24) is 15.1 Å². The Bertz CT molecular complexity index is 875. The number of hydrogen-bond donors (Lipinski definition) is 1. The molecule has 0 saturated carbocycles. The highest BCUT2D eigenvalue weighted by molar-refractivity contribution is 14.0. The Kier molecular flexibility index (Phi) is 8.13. The molecular weight excluding hydrogens is 487 g/mol. The first kappa shape index (κ1) is 22.6. The minimum atomic E-state index is 0. The molecule has 0 bridgehead atoms. The number of piperidine rings is 1. The molecule has 5 nitrogen and oxygen atoms in total. The molecule has 4 rings (SSSR count). The third kappa shape index (κ3) is 5.33. The summed E-state index contributed by atoms with van der Waals surface area (Å²) < 4.78 is 0. The van der Waals surface area contributed by atoms with Gasteiger partial charge in [-0.2, -0.15) is 0 Å². The van der Waals surface area contributed by atoms with Crippen molar-refractivity contribution in [1.29, 1.82) is 0 Å². The monoisotopic (exact) mass is 518 g/mol. The van der Waals surface area contributed by atoms with Gasteiger partial charge in [-0.25, -0.2) is 0 Å². The Morgan fingerprint density at radius 2 is 1.63 bits per heavy atom. The van der Waals surface area contributed by atoms with E-state index in [1.54, 1.807) is 0 Å². The van der Waals surface area contributed by atoms with E-state index in [1.807, 2.05) is 36.2 Å². The lowest BCUT2D eigenvalue weighted by molar-refractivity contribution is 0.0724. The van der Waals surface area contributed by atoms with E-state index < -0.39 is 0 Å². The summed E-state index contributed by atoms with van der Waals surface area (Å²) in [4.78, 5) is 21.4. The number of benzene rings is 2. The van der Waals surface area contributed by atoms with Crippen LogP contribution in [0.2, 0.25) is 0 Å². The molecule has 2 aromatic rings. The highest BCUT2D eigenvalue weighted by Gasteiger charge is 2.19. The number of fused-ring (bicyclic) bond motifs is 1. The number of likely N-dealkylation sites (tertiary alicyclic amines) is 1. The van der Waals surface area contributed by atoms with Crippen molar-refractivity contribution in [3.8, 4) is 0 Å². The Hall–Kier alpha value is -2.09. The maximum Gasteiger partial charge on any atom is 0.253 e. The number of guanidine groups is 1. The Labute approximate surface area is 196 Å². The first-order valence-corrected chi connectivity index (χ1v) is 10.7. The van der Waals surface area contributed by atoms with Crippen LogP contribution in [0.3, 0.4) is 0 Å². The maximum atomic E-state index is 12.6. The van der Waals surface area contributed by atoms with Crippen LogP contribution < -0.4 is 5.32 Å². The van der Waals surface area contributed by atoms with E-state index >= 15 is 0 Å². The van der Waals surface area contributed by atoms with E-state index in [-0.39, 0.29) is 29.9 Å². The predicted molar refractivity (Wildman–Crippen MR) is 132 cm³/mol. The van der Waals surface area contributed by atoms with E-state index in [0.29, 0.717) is 6.54 Å². The Morgan fingerprint density at radius 1 is 0.933 bits per heavy atom. The number of halogens is 1. The summed E-state index contributed by atoms with van der Waals surface area (Å²) in [5, 5.41) is 3.48. The summed E-state index contributed by atoms with van der Waals surface area (Å²) in [6, 6.07) is 16.6. The lowest BCUT2D eigenvalue weighted by atomic mass is 10.0. The summed E-state index contributed by atoms with van der Waals surface area (Å²) >= 11 is 0. The summed E-state index contributed by atoms with van der Waals surface area (Å²) in [6.45, 7) is 4.33. The number of carbonyl (C=O) groups excluding carboxylic acids is 1. The van der Waals surface area contributed by atoms with Crippen molar-refractivity contribution in [2.75, 3.05) is 26.7 Å². The minimum absolute atomic E-state index is 0. The normalized spacial score (nSPS) is 16.5. The zero-order chi connectivity index (χ0) is 20.1. The van der Waals surface area contributed by atoms with E-state index in [4.69, 9.17) is 0 Å². The van der Waals surface area contributed by atoms with Crippen LogP contribution in [0.15, 0.2) is 53.5 Å². The highest BCUT2D eigenvalue weighted by atomic mass is 127. The molecule has 0 unspecified atom stereocenters. The van der Waals surface area contributed by atoms with Crippen molar-refractivity contribution < 1.29 is 4.79 Å². The van der Waals surface area contributed by atoms with Crippen LogP contribution in [0.25, 0.3) is 0 Å². The molecule has 1 N–H and O–H groups in total. The lowest BCUT2D eigenvalue weighted by Gasteiger charge is -2.31. The number of nitrogens with zero attached hydrogens (tertiary/aromatic N) is 3. The molecule has 0 spiro atoms. The smallest absolute Gasteiger partial charge is 0.253 e. The first-order valence-electron chi connectivity index (χ1n) is 10.7. The fraction of sp³-hybridized carbons (Fsp3) is 0.417. The van der Waals surface area contributed by atoms with E-state index in [2.05, 4.69) is 39.5 Å². The van der Waals surface area contributed by atoms with Gasteiger partial charge in [-0.1, -0.05) is 36.4 Å². The van der Waals surface area contributed by atoms with Crippen molar-refractivity contribution in [2.45, 2.75) is 38.8 Å². The van der Waals surface area contributed by atoms with Gasteiger partial charge in [0.25, 0.3) is 5.91 Å². The molecule has 1 saturated heterocycles. The summed E-state index contributed by atoms with van der Waals surface area (Å²) in [5.41, 5.74) is 4.75. The second kappa shape index (κ2) is 10.8. The molecule has 0 aromatic heterocycles. The fourth-order valence-corrected chi connectivity index (χ4v) is 4.23. The number of nitrogens with one attached hydrogen (secondary N) is 1. The molecule has 30 heavy (non-hydrogen) atoms. The van der Waals surface area contributed by atoms with Gasteiger partial charge in [0.1, 0.15) is 0 Å². The number of aliphatic imine (C=N–C) groups is 1. The van der Waals surface area contributed by atoms with E-state index in [0.717, 1.165) is 62.5 Å². The van der Waals surface area contributed by atoms with Gasteiger partial charge in [0.15, 0.2) is 5.96 Å². The quantitative estimate of drug-likeness (QED) is 0.379. The molecule has 1 amide bonds. The molecule has 0 aliphatic carbocycles. The van der Waals surface area contributed by atoms with Gasteiger partial charge in [-0.15, -0.1) is 24.0 Å². The van der Waals surface area contributed by atoms with Crippen molar-refractivity contribution >= 4 is 35.8 Å². The van der Waals surface area contributed by atoms with Crippen LogP contribution >= 0.6 is 24.0 Å². The summed E-state index contributed by atoms with van der Waals surface area (Å²) in [6.07, 6.45) is 4.52. The number of rotatable bonds is 3. The highest BCUT2D eigenvalue weighted by Crippen LogP contribution is 2.19. The molecule has 160 valence electrons. The van der Waals surface area contributed by atoms with Crippen molar-refractivity contribution in [3.05, 3.63) is 70.8 Å². The van der Waals surface area contributed by atoms with Gasteiger partial charge >= 0.3 is 0 Å². The van der Waals surface area contributed by atoms with E-state index in [1.165, 1.54) is 17.5 Å². The van der Waals surface area contributed by atoms with Gasteiger partial charge in [0.05, 0.1) is 0 Å². The van der Waals surface area contributed by atoms with Crippen LogP contribution in [-0.4, -0.2) is 48.3 Å². The lowest BCUT2D eigenvalue weighted by Crippen LogP contribution is -2.43. The largest absolute Gasteiger partial charge is 0.352 e. The van der Waals surface area contributed by atoms with Gasteiger partial charge in [-0.05, 0) is 54.5 Å². The molecule has 0 radical (unpaired) electrons. The molecule has 2 aromatic carbocycles. The fourth-order valence-electron chi connectivity index (χ4n) is 4.23. The third-order valence-electron chi connectivity index (χ3n) is 5.94. The second-order valence-corrected chi connectivity index (χ2v) is 7.89. The number of amides is 1. The SMILES string of the molecule is CN=C(NCc1ccc(C(=O)N2CCCCC2)cc1)N1CCc2ccccc2C1.I. The maximum absolute atomic E-state index is 12.6. The van der Waals surface area contributed by atoms with Gasteiger partial charge in [0, 0.05) is 45.3 Å². The van der Waals surface area contributed by atoms with Crippen molar-refractivity contribution in [2.24, 2.45) is 4.99 Å². The van der Waals surface area contributed by atoms with Crippen LogP contribution in [0.5, 0.6) is 0 Å². The van der Waals surface area contributed by atoms with Crippen LogP contribution in [0, 0.1) is 0 Å². The topological polar surface area (TPSA) is 47.9 Å². The van der Waals surface area contributed by atoms with Gasteiger partial charge < -0.3 is 15.1 Å². The average Bonchev–Trinajstić information content (AvgIpc) is 2.80. The summed E-state index contributed by atoms with van der Waals surface area (Å²) in [5.74, 6) is 1.08. The minimum Gasteiger partial charge on any atom is -0.352 e. The summed E-state index contributed by atoms with van der Waals surface area (Å²) in [7, 11) is 1.84. The average molecular weight is 518 g/mol. The third-order valence-corrected chi connectivity index (χ3v) is 5.94. The predicted octanol–water partition coefficient (Wildman–Crippen LogP) is 4.06. The van der Waals surface area contributed by atoms with Crippen LogP contribution in [0.1, 0.15) is 46.3 Å². The van der Waals surface area contributed by atoms with Gasteiger partial charge in [0.2, 0.25) is 0 Å². The standard InChI is InChI=1S/C24H30N4O.HI/c1-25-24(28-16-13-20-7-3-4-8-22(20)18-28)26-17-19-9-11-21(12-10-19)23(29)27-14-5-2-6-15-27;/h3-4,7-12H,2,5-6,13-18H2,1H3,(H,25,26);1H. The Balaban J connectivity index is 0.00000256. The zero-order valence-corrected chi connectivity index (χ0v) is 20.0. The van der Waals surface area contributed by atoms with Crippen LogP contribution in [0.4, 0.5) is 0 Å². The molecular formula is C24H31IN4O. The molecule has 1 fully saturated rings. The zero-order valence-electron chi connectivity index (χ0n) is 17.6. The molecule has 2 heterocycles. The van der Waals surface area contributed by atoms with Gasteiger partial charge in [-0.3, -0.25) is 9.79 Å². The number of carbonyl (C=O) groups is 1.